The Hall–Kier alpha value is -1.68. The van der Waals surface area contributed by atoms with E-state index in [1.165, 1.54) is 6.92 Å². The maximum Gasteiger partial charge on any atom is 0.348 e. The van der Waals surface area contributed by atoms with Crippen molar-refractivity contribution in [1.82, 2.24) is 5.32 Å². The molecular weight excluding hydrogens is 330 g/mol. The highest BCUT2D eigenvalue weighted by Crippen LogP contribution is 2.32. The lowest BCUT2D eigenvalue weighted by atomic mass is 9.79. The van der Waals surface area contributed by atoms with Crippen molar-refractivity contribution < 1.29 is 36.8 Å². The third-order valence-electron chi connectivity index (χ3n) is 3.41. The van der Waals surface area contributed by atoms with Crippen molar-refractivity contribution in [1.29, 1.82) is 0 Å². The number of cyclic esters (lactones) is 2. The van der Waals surface area contributed by atoms with Gasteiger partial charge in [0, 0.05) is 18.4 Å². The summed E-state index contributed by atoms with van der Waals surface area (Å²) >= 11 is 0. The minimum absolute atomic E-state index is 0.0441. The Balaban J connectivity index is 2.83. The average molecular weight is 351 g/mol. The second kappa shape index (κ2) is 7.26. The molecule has 1 rings (SSSR count). The van der Waals surface area contributed by atoms with E-state index >= 15 is 0 Å². The summed E-state index contributed by atoms with van der Waals surface area (Å²) in [6.45, 7) is 4.10. The van der Waals surface area contributed by atoms with Gasteiger partial charge in [-0.3, -0.25) is 9.35 Å². The van der Waals surface area contributed by atoms with Gasteiger partial charge in [-0.05, 0) is 12.8 Å². The molecule has 2 atom stereocenters. The zero-order valence-electron chi connectivity index (χ0n) is 13.2. The molecule has 1 heterocycles. The summed E-state index contributed by atoms with van der Waals surface area (Å²) < 4.78 is 40.4. The molecule has 1 aliphatic rings. The van der Waals surface area contributed by atoms with E-state index in [9.17, 15) is 22.8 Å². The topological polar surface area (TPSA) is 136 Å². The number of carbonyl (C=O) groups excluding carboxylic acids is 3. The van der Waals surface area contributed by atoms with E-state index in [0.717, 1.165) is 0 Å². The molecular formula is C13H21NO8S. The van der Waals surface area contributed by atoms with Gasteiger partial charge in [-0.25, -0.2) is 9.59 Å². The molecule has 0 spiro atoms. The van der Waals surface area contributed by atoms with Crippen molar-refractivity contribution in [2.75, 3.05) is 12.4 Å². The van der Waals surface area contributed by atoms with Crippen LogP contribution in [-0.2, 0) is 34.0 Å². The van der Waals surface area contributed by atoms with E-state index in [1.54, 1.807) is 13.8 Å². The van der Waals surface area contributed by atoms with Crippen LogP contribution in [0.25, 0.3) is 0 Å². The number of hydrogen-bond acceptors (Lipinski definition) is 7. The largest absolute Gasteiger partial charge is 0.451 e. The molecule has 0 aromatic rings. The van der Waals surface area contributed by atoms with Crippen LogP contribution in [0.2, 0.25) is 0 Å². The van der Waals surface area contributed by atoms with Crippen LogP contribution in [0, 0.1) is 5.41 Å². The number of nitrogens with one attached hydrogen (secondary N) is 1. The van der Waals surface area contributed by atoms with Gasteiger partial charge < -0.3 is 14.8 Å². The zero-order chi connectivity index (χ0) is 17.8. The molecule has 1 fully saturated rings. The van der Waals surface area contributed by atoms with Crippen molar-refractivity contribution >= 4 is 28.0 Å². The van der Waals surface area contributed by atoms with Gasteiger partial charge in [-0.1, -0.05) is 13.8 Å². The smallest absolute Gasteiger partial charge is 0.348 e. The summed E-state index contributed by atoms with van der Waals surface area (Å²) in [5, 5.41) is 2.57. The van der Waals surface area contributed by atoms with Crippen molar-refractivity contribution in [3.8, 4) is 0 Å². The van der Waals surface area contributed by atoms with Gasteiger partial charge in [0.05, 0.1) is 5.75 Å². The lowest BCUT2D eigenvalue weighted by Crippen LogP contribution is -2.49. The van der Waals surface area contributed by atoms with Gasteiger partial charge in [-0.15, -0.1) is 0 Å². The second-order valence-electron chi connectivity index (χ2n) is 6.14. The fraction of sp³-hybridized carbons (Fsp3) is 0.769. The molecule has 0 bridgehead atoms. The lowest BCUT2D eigenvalue weighted by molar-refractivity contribution is -0.194. The number of esters is 2. The highest BCUT2D eigenvalue weighted by atomic mass is 32.2. The van der Waals surface area contributed by atoms with Crippen LogP contribution in [-0.4, -0.2) is 55.3 Å². The summed E-state index contributed by atoms with van der Waals surface area (Å²) in [4.78, 5) is 34.3. The lowest BCUT2D eigenvalue weighted by Gasteiger charge is -2.36. The molecule has 0 aliphatic carbocycles. The average Bonchev–Trinajstić information content (AvgIpc) is 2.37. The van der Waals surface area contributed by atoms with Crippen molar-refractivity contribution in [3.63, 3.8) is 0 Å². The molecule has 132 valence electrons. The molecule has 0 radical (unpaired) electrons. The first-order chi connectivity index (χ1) is 10.4. The van der Waals surface area contributed by atoms with Crippen LogP contribution in [0.15, 0.2) is 0 Å². The van der Waals surface area contributed by atoms with Gasteiger partial charge >= 0.3 is 11.9 Å². The van der Waals surface area contributed by atoms with Gasteiger partial charge in [0.1, 0.15) is 0 Å². The molecule has 0 saturated carbocycles. The van der Waals surface area contributed by atoms with E-state index in [2.05, 4.69) is 5.32 Å². The molecule has 1 amide bonds. The van der Waals surface area contributed by atoms with Gasteiger partial charge in [-0.2, -0.15) is 8.42 Å². The van der Waals surface area contributed by atoms with Gasteiger partial charge in [0.25, 0.3) is 10.1 Å². The fourth-order valence-corrected chi connectivity index (χ4v) is 3.03. The summed E-state index contributed by atoms with van der Waals surface area (Å²) in [5.74, 6) is -2.28. The quantitative estimate of drug-likeness (QED) is 0.469. The maximum absolute atomic E-state index is 11.8. The summed E-state index contributed by atoms with van der Waals surface area (Å²) in [6.07, 6.45) is -1.04. The number of ether oxygens (including phenoxy) is 2. The maximum atomic E-state index is 11.8. The van der Waals surface area contributed by atoms with Crippen molar-refractivity contribution in [2.45, 2.75) is 45.8 Å². The highest BCUT2D eigenvalue weighted by molar-refractivity contribution is 7.85. The predicted molar refractivity (Wildman–Crippen MR) is 77.9 cm³/mol. The molecule has 2 N–H and O–H groups in total. The number of rotatable bonds is 7. The number of amides is 1. The van der Waals surface area contributed by atoms with Crippen LogP contribution in [0.1, 0.15) is 33.6 Å². The minimum Gasteiger partial charge on any atom is -0.451 e. The molecule has 0 aromatic heterocycles. The fourth-order valence-electron chi connectivity index (χ4n) is 2.44. The Morgan fingerprint density at radius 1 is 1.43 bits per heavy atom. The van der Waals surface area contributed by atoms with Crippen molar-refractivity contribution in [2.24, 2.45) is 5.41 Å². The Labute approximate surface area is 134 Å². The molecule has 1 aliphatic heterocycles. The first kappa shape index (κ1) is 19.4. The molecule has 1 unspecified atom stereocenters. The van der Waals surface area contributed by atoms with Crippen LogP contribution in [0.4, 0.5) is 0 Å². The van der Waals surface area contributed by atoms with E-state index in [4.69, 9.17) is 14.0 Å². The van der Waals surface area contributed by atoms with Crippen LogP contribution in [0.5, 0.6) is 0 Å². The Morgan fingerprint density at radius 3 is 2.57 bits per heavy atom. The first-order valence-electron chi connectivity index (χ1n) is 6.99. The Bertz CT molecular complexity index is 583. The number of hydrogen-bond donors (Lipinski definition) is 2. The van der Waals surface area contributed by atoms with Crippen LogP contribution < -0.4 is 5.32 Å². The predicted octanol–water partition coefficient (Wildman–Crippen LogP) is -0.346. The standard InChI is InChI=1S/C13H21NO8S/c1-8(15)14-9(4-5-23(18,19)20)6-13(2,3)11-12(17)21-7-10(16)22-11/h9,11H,4-7H2,1-3H3,(H,14,15)(H,18,19,20)/t9?,11-/m0/s1. The molecule has 0 aromatic carbocycles. The van der Waals surface area contributed by atoms with E-state index in [0.29, 0.717) is 0 Å². The number of carbonyl (C=O) groups is 3. The van der Waals surface area contributed by atoms with E-state index in [1.807, 2.05) is 0 Å². The van der Waals surface area contributed by atoms with Crippen molar-refractivity contribution in [3.05, 3.63) is 0 Å². The molecule has 10 heteroatoms. The molecule has 23 heavy (non-hydrogen) atoms. The van der Waals surface area contributed by atoms with E-state index in [-0.39, 0.29) is 18.7 Å². The SMILES string of the molecule is CC(=O)NC(CCS(=O)(=O)O)CC(C)(C)[C@H]1OC(=O)COC1=O. The minimum atomic E-state index is -4.18. The summed E-state index contributed by atoms with van der Waals surface area (Å²) in [5.41, 5.74) is -0.903. The summed E-state index contributed by atoms with van der Waals surface area (Å²) in [7, 11) is -4.18. The zero-order valence-corrected chi connectivity index (χ0v) is 14.0. The highest BCUT2D eigenvalue weighted by Gasteiger charge is 2.44. The monoisotopic (exact) mass is 351 g/mol. The second-order valence-corrected chi connectivity index (χ2v) is 7.71. The van der Waals surface area contributed by atoms with Gasteiger partial charge in [0.2, 0.25) is 12.0 Å². The third-order valence-corrected chi connectivity index (χ3v) is 4.16. The van der Waals surface area contributed by atoms with E-state index < -0.39 is 52.0 Å². The van der Waals surface area contributed by atoms with Gasteiger partial charge in [0.15, 0.2) is 6.61 Å². The Kier molecular flexibility index (Phi) is 6.11. The molecule has 1 saturated heterocycles. The first-order valence-corrected chi connectivity index (χ1v) is 8.60. The third kappa shape index (κ3) is 6.53. The normalized spacial score (nSPS) is 20.4. The van der Waals surface area contributed by atoms with Crippen LogP contribution >= 0.6 is 0 Å². The molecule has 9 nitrogen and oxygen atoms in total. The van der Waals surface area contributed by atoms with Crippen LogP contribution in [0.3, 0.4) is 0 Å². The summed E-state index contributed by atoms with van der Waals surface area (Å²) in [6, 6.07) is -0.627. The Morgan fingerprint density at radius 2 is 2.04 bits per heavy atom.